The number of hydrogen-bond donors (Lipinski definition) is 1. The fraction of sp³-hybridized carbons (Fsp3) is 0.231. The number of aliphatic hydroxyl groups is 1. The minimum Gasteiger partial charge on any atom is -0.387 e. The average Bonchev–Trinajstić information content (AvgIpc) is 2.92. The number of thiophene rings is 1. The molecular formula is C13H13F2NO3S2. The predicted octanol–water partition coefficient (Wildman–Crippen LogP) is 2.38. The van der Waals surface area contributed by atoms with Crippen LogP contribution in [0.3, 0.4) is 0 Å². The van der Waals surface area contributed by atoms with Crippen molar-refractivity contribution in [1.29, 1.82) is 0 Å². The van der Waals surface area contributed by atoms with Gasteiger partial charge < -0.3 is 5.11 Å². The highest BCUT2D eigenvalue weighted by Gasteiger charge is 2.26. The number of nitrogens with zero attached hydrogens (tertiary/aromatic N) is 1. The normalized spacial score (nSPS) is 13.6. The maximum Gasteiger partial charge on any atom is 0.252 e. The molecule has 1 N–H and O–H groups in total. The third-order valence-electron chi connectivity index (χ3n) is 2.92. The molecule has 2 aromatic rings. The molecule has 21 heavy (non-hydrogen) atoms. The Hall–Kier alpha value is -1.35. The zero-order valence-electron chi connectivity index (χ0n) is 11.0. The van der Waals surface area contributed by atoms with Crippen LogP contribution in [-0.2, 0) is 10.0 Å². The molecule has 8 heteroatoms. The Morgan fingerprint density at radius 1 is 1.24 bits per heavy atom. The van der Waals surface area contributed by atoms with E-state index in [1.807, 2.05) is 0 Å². The second kappa shape index (κ2) is 6.18. The minimum absolute atomic E-state index is 0.103. The van der Waals surface area contributed by atoms with Gasteiger partial charge in [-0.25, -0.2) is 17.2 Å². The van der Waals surface area contributed by atoms with Crippen molar-refractivity contribution < 1.29 is 22.3 Å². The Labute approximate surface area is 125 Å². The van der Waals surface area contributed by atoms with E-state index in [4.69, 9.17) is 0 Å². The number of halogens is 2. The number of aliphatic hydroxyl groups excluding tert-OH is 1. The predicted molar refractivity (Wildman–Crippen MR) is 75.5 cm³/mol. The lowest BCUT2D eigenvalue weighted by Gasteiger charge is -2.20. The summed E-state index contributed by atoms with van der Waals surface area (Å²) in [6.07, 6.45) is -1.59. The maximum atomic E-state index is 13.6. The monoisotopic (exact) mass is 333 g/mol. The first-order valence-electron chi connectivity index (χ1n) is 5.96. The van der Waals surface area contributed by atoms with Gasteiger partial charge in [-0.3, -0.25) is 0 Å². The van der Waals surface area contributed by atoms with Crippen molar-refractivity contribution in [2.75, 3.05) is 13.6 Å². The topological polar surface area (TPSA) is 57.6 Å². The van der Waals surface area contributed by atoms with E-state index in [2.05, 4.69) is 0 Å². The van der Waals surface area contributed by atoms with Crippen LogP contribution in [0.2, 0.25) is 0 Å². The summed E-state index contributed by atoms with van der Waals surface area (Å²) >= 11 is 1.03. The SMILES string of the molecule is CN(CC(O)c1c(F)cccc1F)S(=O)(=O)c1cccs1. The van der Waals surface area contributed by atoms with Crippen molar-refractivity contribution in [2.24, 2.45) is 0 Å². The number of sulfonamides is 1. The number of hydrogen-bond acceptors (Lipinski definition) is 4. The van der Waals surface area contributed by atoms with E-state index >= 15 is 0 Å². The maximum absolute atomic E-state index is 13.6. The van der Waals surface area contributed by atoms with Gasteiger partial charge in [0.25, 0.3) is 10.0 Å². The fourth-order valence-corrected chi connectivity index (χ4v) is 4.20. The lowest BCUT2D eigenvalue weighted by molar-refractivity contribution is 0.146. The summed E-state index contributed by atoms with van der Waals surface area (Å²) in [4.78, 5) is 0. The van der Waals surface area contributed by atoms with Crippen molar-refractivity contribution in [3.63, 3.8) is 0 Å². The number of rotatable bonds is 5. The second-order valence-electron chi connectivity index (χ2n) is 4.37. The molecule has 0 spiro atoms. The van der Waals surface area contributed by atoms with Crippen LogP contribution in [0.15, 0.2) is 39.9 Å². The molecule has 1 aromatic carbocycles. The summed E-state index contributed by atoms with van der Waals surface area (Å²) in [5.74, 6) is -1.83. The molecule has 1 unspecified atom stereocenters. The quantitative estimate of drug-likeness (QED) is 0.914. The Kier molecular flexibility index (Phi) is 4.72. The van der Waals surface area contributed by atoms with Gasteiger partial charge in [0, 0.05) is 13.6 Å². The van der Waals surface area contributed by atoms with Gasteiger partial charge in [-0.1, -0.05) is 12.1 Å². The molecule has 0 aliphatic heterocycles. The molecule has 114 valence electrons. The molecule has 1 aromatic heterocycles. The van der Waals surface area contributed by atoms with Crippen LogP contribution < -0.4 is 0 Å². The third kappa shape index (κ3) is 3.29. The highest BCUT2D eigenvalue weighted by atomic mass is 32.2. The molecule has 4 nitrogen and oxygen atoms in total. The molecule has 0 aliphatic rings. The summed E-state index contributed by atoms with van der Waals surface area (Å²) in [5.41, 5.74) is -0.536. The molecule has 0 saturated carbocycles. The fourth-order valence-electron chi connectivity index (χ4n) is 1.83. The zero-order chi connectivity index (χ0) is 15.6. The molecule has 2 rings (SSSR count). The zero-order valence-corrected chi connectivity index (χ0v) is 12.7. The largest absolute Gasteiger partial charge is 0.387 e. The summed E-state index contributed by atoms with van der Waals surface area (Å²) in [7, 11) is -2.53. The van der Waals surface area contributed by atoms with Crippen molar-refractivity contribution in [2.45, 2.75) is 10.3 Å². The van der Waals surface area contributed by atoms with Gasteiger partial charge in [0.05, 0.1) is 11.7 Å². The Morgan fingerprint density at radius 3 is 2.38 bits per heavy atom. The van der Waals surface area contributed by atoms with Crippen LogP contribution in [-0.4, -0.2) is 31.4 Å². The van der Waals surface area contributed by atoms with Crippen molar-refractivity contribution in [3.05, 3.63) is 52.9 Å². The summed E-state index contributed by atoms with van der Waals surface area (Å²) in [6.45, 7) is -0.446. The molecular weight excluding hydrogens is 320 g/mol. The van der Waals surface area contributed by atoms with Crippen LogP contribution in [0.5, 0.6) is 0 Å². The van der Waals surface area contributed by atoms with E-state index in [0.29, 0.717) is 0 Å². The van der Waals surface area contributed by atoms with Crippen LogP contribution in [0.25, 0.3) is 0 Å². The van der Waals surface area contributed by atoms with E-state index in [0.717, 1.165) is 27.8 Å². The van der Waals surface area contributed by atoms with E-state index < -0.39 is 39.9 Å². The van der Waals surface area contributed by atoms with Crippen LogP contribution in [0.1, 0.15) is 11.7 Å². The van der Waals surface area contributed by atoms with Crippen molar-refractivity contribution in [3.8, 4) is 0 Å². The van der Waals surface area contributed by atoms with E-state index in [1.54, 1.807) is 11.4 Å². The standard InChI is InChI=1S/C13H13F2NO3S2/c1-16(21(18,19)12-6-3-7-20-12)8-11(17)13-9(14)4-2-5-10(13)15/h2-7,11,17H,8H2,1H3. The van der Waals surface area contributed by atoms with Gasteiger partial charge in [0.1, 0.15) is 15.8 Å². The third-order valence-corrected chi connectivity index (χ3v) is 6.12. The van der Waals surface area contributed by atoms with Crippen LogP contribution in [0, 0.1) is 11.6 Å². The van der Waals surface area contributed by atoms with Gasteiger partial charge in [-0.15, -0.1) is 11.3 Å². The Morgan fingerprint density at radius 2 is 1.86 bits per heavy atom. The highest BCUT2D eigenvalue weighted by molar-refractivity contribution is 7.91. The summed E-state index contributed by atoms with van der Waals surface area (Å²) in [5, 5.41) is 11.5. The van der Waals surface area contributed by atoms with E-state index in [1.165, 1.54) is 19.2 Å². The lowest BCUT2D eigenvalue weighted by atomic mass is 10.1. The summed E-state index contributed by atoms with van der Waals surface area (Å²) < 4.78 is 52.4. The molecule has 0 fully saturated rings. The number of likely N-dealkylation sites (N-methyl/N-ethyl adjacent to an activating group) is 1. The molecule has 0 amide bonds. The van der Waals surface area contributed by atoms with Crippen LogP contribution >= 0.6 is 11.3 Å². The van der Waals surface area contributed by atoms with Gasteiger partial charge in [-0.05, 0) is 23.6 Å². The first-order chi connectivity index (χ1) is 9.84. The van der Waals surface area contributed by atoms with E-state index in [9.17, 15) is 22.3 Å². The van der Waals surface area contributed by atoms with E-state index in [-0.39, 0.29) is 4.21 Å². The Balaban J connectivity index is 2.22. The first-order valence-corrected chi connectivity index (χ1v) is 8.28. The molecule has 0 saturated heterocycles. The van der Waals surface area contributed by atoms with Crippen molar-refractivity contribution >= 4 is 21.4 Å². The van der Waals surface area contributed by atoms with Gasteiger partial charge >= 0.3 is 0 Å². The minimum atomic E-state index is -3.78. The molecule has 1 heterocycles. The average molecular weight is 333 g/mol. The van der Waals surface area contributed by atoms with Crippen molar-refractivity contribution in [1.82, 2.24) is 4.31 Å². The smallest absolute Gasteiger partial charge is 0.252 e. The molecule has 1 atom stereocenters. The number of benzene rings is 1. The molecule has 0 aliphatic carbocycles. The highest BCUT2D eigenvalue weighted by Crippen LogP contribution is 2.25. The first kappa shape index (κ1) is 16.0. The van der Waals surface area contributed by atoms with Gasteiger partial charge in [-0.2, -0.15) is 4.31 Å². The molecule has 0 radical (unpaired) electrons. The summed E-state index contributed by atoms with van der Waals surface area (Å²) in [6, 6.07) is 6.20. The lowest BCUT2D eigenvalue weighted by Crippen LogP contribution is -2.31. The van der Waals surface area contributed by atoms with Gasteiger partial charge in [0.2, 0.25) is 0 Å². The second-order valence-corrected chi connectivity index (χ2v) is 7.59. The molecule has 0 bridgehead atoms. The van der Waals surface area contributed by atoms with Crippen LogP contribution in [0.4, 0.5) is 8.78 Å². The Bertz CT molecular complexity index is 697. The van der Waals surface area contributed by atoms with Gasteiger partial charge in [0.15, 0.2) is 0 Å².